The van der Waals surface area contributed by atoms with Crippen molar-refractivity contribution >= 4 is 0 Å². The van der Waals surface area contributed by atoms with Crippen LogP contribution in [0.25, 0.3) is 0 Å². The third-order valence-corrected chi connectivity index (χ3v) is 1.38. The maximum atomic E-state index is 9.03. The molecule has 0 unspecified atom stereocenters. The molecule has 0 heterocycles. The van der Waals surface area contributed by atoms with E-state index >= 15 is 0 Å². The smallest absolute Gasteiger partial charge is 0.107 e. The number of rotatable bonds is 3. The molecular weight excluding hydrogens is 134 g/mol. The van der Waals surface area contributed by atoms with Crippen LogP contribution in [-0.4, -0.2) is 39.7 Å². The van der Waals surface area contributed by atoms with Crippen LogP contribution in [0.1, 0.15) is 13.8 Å². The fraction of sp³-hybridized carbons (Fsp3) is 1.00. The molecule has 62 valence electrons. The topological polar surface area (TPSA) is 86.7 Å². The second kappa shape index (κ2) is 3.88. The molecule has 0 amide bonds. The van der Waals surface area contributed by atoms with Crippen LogP contribution in [0.4, 0.5) is 0 Å². The molecule has 0 aromatic heterocycles. The maximum absolute atomic E-state index is 9.03. The molecule has 4 heteroatoms. The largest absolute Gasteiger partial charge is 0.391 e. The van der Waals surface area contributed by atoms with Gasteiger partial charge >= 0.3 is 0 Å². The van der Waals surface area contributed by atoms with Crippen molar-refractivity contribution in [2.45, 2.75) is 38.2 Å². The summed E-state index contributed by atoms with van der Waals surface area (Å²) in [5.74, 6) is 0. The number of nitrogens with two attached hydrogens (primary N) is 1. The lowest BCUT2D eigenvalue weighted by atomic mass is 10.0. The normalized spacial score (nSPS) is 23.4. The molecule has 0 aromatic rings. The highest BCUT2D eigenvalue weighted by Gasteiger charge is 2.23. The van der Waals surface area contributed by atoms with E-state index in [0.717, 1.165) is 0 Å². The summed E-state index contributed by atoms with van der Waals surface area (Å²) in [5.41, 5.74) is 5.25. The second-order valence-corrected chi connectivity index (χ2v) is 2.58. The Labute approximate surface area is 60.3 Å². The van der Waals surface area contributed by atoms with Gasteiger partial charge in [-0.15, -0.1) is 0 Å². The third kappa shape index (κ3) is 2.62. The van der Waals surface area contributed by atoms with Gasteiger partial charge in [-0.3, -0.25) is 0 Å². The number of hydrogen-bond donors (Lipinski definition) is 4. The first kappa shape index (κ1) is 9.84. The van der Waals surface area contributed by atoms with Crippen molar-refractivity contribution in [3.8, 4) is 0 Å². The molecule has 0 aliphatic heterocycles. The van der Waals surface area contributed by atoms with Gasteiger partial charge in [0.05, 0.1) is 12.2 Å². The van der Waals surface area contributed by atoms with Gasteiger partial charge in [0.15, 0.2) is 0 Å². The zero-order chi connectivity index (χ0) is 8.31. The SMILES string of the molecule is C[C@H](O)[C@H](O)[C@H](O)[C@@H](C)N. The van der Waals surface area contributed by atoms with Crippen LogP contribution in [-0.2, 0) is 0 Å². The molecule has 0 aliphatic carbocycles. The van der Waals surface area contributed by atoms with Crippen molar-refractivity contribution in [3.63, 3.8) is 0 Å². The highest BCUT2D eigenvalue weighted by Crippen LogP contribution is 2.01. The molecular formula is C6H15NO3. The quantitative estimate of drug-likeness (QED) is 0.391. The van der Waals surface area contributed by atoms with Crippen molar-refractivity contribution in [1.82, 2.24) is 0 Å². The standard InChI is InChI=1S/C6H15NO3/c1-3(7)5(9)6(10)4(2)8/h3-6,8-10H,7H2,1-2H3/t3-,4+,5-,6+/m1/s1. The van der Waals surface area contributed by atoms with Gasteiger partial charge in [0.1, 0.15) is 6.10 Å². The van der Waals surface area contributed by atoms with Crippen molar-refractivity contribution in [3.05, 3.63) is 0 Å². The van der Waals surface area contributed by atoms with Gasteiger partial charge in [-0.2, -0.15) is 0 Å². The van der Waals surface area contributed by atoms with Crippen molar-refractivity contribution in [1.29, 1.82) is 0 Å². The molecule has 10 heavy (non-hydrogen) atoms. The fourth-order valence-corrected chi connectivity index (χ4v) is 0.596. The van der Waals surface area contributed by atoms with Crippen molar-refractivity contribution < 1.29 is 15.3 Å². The summed E-state index contributed by atoms with van der Waals surface area (Å²) in [7, 11) is 0. The highest BCUT2D eigenvalue weighted by atomic mass is 16.4. The van der Waals surface area contributed by atoms with E-state index in [1.165, 1.54) is 6.92 Å². The van der Waals surface area contributed by atoms with E-state index in [4.69, 9.17) is 21.1 Å². The van der Waals surface area contributed by atoms with Gasteiger partial charge in [-0.1, -0.05) is 0 Å². The van der Waals surface area contributed by atoms with Crippen LogP contribution in [0, 0.1) is 0 Å². The predicted octanol–water partition coefficient (Wildman–Crippen LogP) is -1.56. The minimum atomic E-state index is -1.15. The number of aliphatic hydroxyl groups excluding tert-OH is 3. The van der Waals surface area contributed by atoms with Crippen LogP contribution < -0.4 is 5.73 Å². The Morgan fingerprint density at radius 1 is 1.00 bits per heavy atom. The van der Waals surface area contributed by atoms with Gasteiger partial charge in [-0.05, 0) is 13.8 Å². The molecule has 0 radical (unpaired) electrons. The molecule has 0 aliphatic rings. The second-order valence-electron chi connectivity index (χ2n) is 2.58. The molecule has 0 fully saturated rings. The molecule has 0 spiro atoms. The van der Waals surface area contributed by atoms with Crippen molar-refractivity contribution in [2.75, 3.05) is 0 Å². The van der Waals surface area contributed by atoms with Gasteiger partial charge < -0.3 is 21.1 Å². The van der Waals surface area contributed by atoms with Gasteiger partial charge in [-0.25, -0.2) is 0 Å². The lowest BCUT2D eigenvalue weighted by molar-refractivity contribution is -0.0586. The highest BCUT2D eigenvalue weighted by molar-refractivity contribution is 4.78. The van der Waals surface area contributed by atoms with E-state index in [1.807, 2.05) is 0 Å². The zero-order valence-electron chi connectivity index (χ0n) is 6.23. The summed E-state index contributed by atoms with van der Waals surface area (Å²) < 4.78 is 0. The van der Waals surface area contributed by atoms with Crippen LogP contribution in [0.5, 0.6) is 0 Å². The first-order valence-corrected chi connectivity index (χ1v) is 3.26. The van der Waals surface area contributed by atoms with E-state index < -0.39 is 24.4 Å². The first-order valence-electron chi connectivity index (χ1n) is 3.26. The minimum Gasteiger partial charge on any atom is -0.391 e. The van der Waals surface area contributed by atoms with Gasteiger partial charge in [0.25, 0.3) is 0 Å². The van der Waals surface area contributed by atoms with Gasteiger partial charge in [0, 0.05) is 6.04 Å². The molecule has 5 N–H and O–H groups in total. The molecule has 0 saturated heterocycles. The third-order valence-electron chi connectivity index (χ3n) is 1.38. The molecule has 0 aromatic carbocycles. The van der Waals surface area contributed by atoms with E-state index in [1.54, 1.807) is 6.92 Å². The van der Waals surface area contributed by atoms with E-state index in [9.17, 15) is 0 Å². The molecule has 4 atom stereocenters. The predicted molar refractivity (Wildman–Crippen MR) is 37.3 cm³/mol. The average Bonchev–Trinajstić information content (AvgIpc) is 1.84. The van der Waals surface area contributed by atoms with Crippen LogP contribution in [0.15, 0.2) is 0 Å². The molecule has 0 rings (SSSR count). The first-order chi connectivity index (χ1) is 4.46. The maximum Gasteiger partial charge on any atom is 0.107 e. The Hall–Kier alpha value is -0.160. The minimum absolute atomic E-state index is 0.524. The van der Waals surface area contributed by atoms with Crippen LogP contribution in [0.3, 0.4) is 0 Å². The summed E-state index contributed by atoms with van der Waals surface area (Å²) in [6, 6.07) is -0.524. The molecule has 0 saturated carbocycles. The van der Waals surface area contributed by atoms with E-state index in [-0.39, 0.29) is 0 Å². The van der Waals surface area contributed by atoms with Crippen molar-refractivity contribution in [2.24, 2.45) is 5.73 Å². The summed E-state index contributed by atoms with van der Waals surface area (Å²) in [4.78, 5) is 0. The summed E-state index contributed by atoms with van der Waals surface area (Å²) >= 11 is 0. The summed E-state index contributed by atoms with van der Waals surface area (Å²) in [6.45, 7) is 2.96. The Balaban J connectivity index is 3.81. The van der Waals surface area contributed by atoms with Gasteiger partial charge in [0.2, 0.25) is 0 Å². The monoisotopic (exact) mass is 149 g/mol. The Morgan fingerprint density at radius 2 is 1.40 bits per heavy atom. The Bertz CT molecular complexity index is 83.0. The summed E-state index contributed by atoms with van der Waals surface area (Å²) in [5, 5.41) is 26.8. The van der Waals surface area contributed by atoms with Crippen LogP contribution in [0.2, 0.25) is 0 Å². The number of aliphatic hydroxyl groups is 3. The Morgan fingerprint density at radius 3 is 1.50 bits per heavy atom. The van der Waals surface area contributed by atoms with E-state index in [2.05, 4.69) is 0 Å². The van der Waals surface area contributed by atoms with Crippen LogP contribution >= 0.6 is 0 Å². The Kier molecular flexibility index (Phi) is 3.81. The molecule has 4 nitrogen and oxygen atoms in total. The van der Waals surface area contributed by atoms with E-state index in [0.29, 0.717) is 0 Å². The fourth-order valence-electron chi connectivity index (χ4n) is 0.596. The lowest BCUT2D eigenvalue weighted by Crippen LogP contribution is -2.45. The average molecular weight is 149 g/mol. The number of hydrogen-bond acceptors (Lipinski definition) is 4. The zero-order valence-corrected chi connectivity index (χ0v) is 6.23. The summed E-state index contributed by atoms with van der Waals surface area (Å²) in [6.07, 6.45) is -3.15. The lowest BCUT2D eigenvalue weighted by Gasteiger charge is -2.22. The molecule has 0 bridgehead atoms.